The molecule has 0 aromatic carbocycles. The Morgan fingerprint density at radius 2 is 2.50 bits per heavy atom. The van der Waals surface area contributed by atoms with Gasteiger partial charge in [-0.1, -0.05) is 6.08 Å². The van der Waals surface area contributed by atoms with Crippen molar-refractivity contribution in [3.63, 3.8) is 0 Å². The molecule has 0 atom stereocenters. The summed E-state index contributed by atoms with van der Waals surface area (Å²) < 4.78 is 5.05. The van der Waals surface area contributed by atoms with Crippen LogP contribution < -0.4 is 5.73 Å². The van der Waals surface area contributed by atoms with Gasteiger partial charge in [-0.25, -0.2) is 0 Å². The molecular formula is C8H11NO. The molecule has 0 fully saturated rings. The summed E-state index contributed by atoms with van der Waals surface area (Å²) in [5.74, 6) is 0.883. The van der Waals surface area contributed by atoms with Gasteiger partial charge in [0.05, 0.1) is 6.26 Å². The predicted molar refractivity (Wildman–Crippen MR) is 41.4 cm³/mol. The SMILES string of the molecule is NCC/C=C/c1ccco1. The van der Waals surface area contributed by atoms with Crippen LogP contribution in [-0.2, 0) is 0 Å². The van der Waals surface area contributed by atoms with E-state index in [1.807, 2.05) is 24.3 Å². The zero-order valence-electron chi connectivity index (χ0n) is 5.79. The number of nitrogens with two attached hydrogens (primary N) is 1. The van der Waals surface area contributed by atoms with E-state index in [-0.39, 0.29) is 0 Å². The third-order valence-electron chi connectivity index (χ3n) is 1.16. The van der Waals surface area contributed by atoms with Crippen molar-refractivity contribution >= 4 is 6.08 Å². The molecular weight excluding hydrogens is 126 g/mol. The van der Waals surface area contributed by atoms with Gasteiger partial charge in [0, 0.05) is 0 Å². The Balaban J connectivity index is 2.40. The maximum absolute atomic E-state index is 5.29. The molecule has 2 heteroatoms. The highest BCUT2D eigenvalue weighted by Gasteiger charge is 1.84. The normalized spacial score (nSPS) is 10.9. The number of furan rings is 1. The molecule has 54 valence electrons. The second-order valence-electron chi connectivity index (χ2n) is 2.00. The fraction of sp³-hybridized carbons (Fsp3) is 0.250. The summed E-state index contributed by atoms with van der Waals surface area (Å²) in [6.45, 7) is 0.692. The molecule has 0 unspecified atom stereocenters. The monoisotopic (exact) mass is 137 g/mol. The van der Waals surface area contributed by atoms with Crippen molar-refractivity contribution in [1.29, 1.82) is 0 Å². The molecule has 1 aromatic rings. The molecule has 0 aliphatic heterocycles. The first-order valence-electron chi connectivity index (χ1n) is 3.33. The minimum atomic E-state index is 0.692. The third-order valence-corrected chi connectivity index (χ3v) is 1.16. The Hall–Kier alpha value is -1.02. The Morgan fingerprint density at radius 1 is 1.60 bits per heavy atom. The second kappa shape index (κ2) is 3.90. The highest BCUT2D eigenvalue weighted by atomic mass is 16.3. The molecule has 0 radical (unpaired) electrons. The smallest absolute Gasteiger partial charge is 0.126 e. The fourth-order valence-electron chi connectivity index (χ4n) is 0.682. The van der Waals surface area contributed by atoms with Crippen molar-refractivity contribution in [3.8, 4) is 0 Å². The van der Waals surface area contributed by atoms with Crippen LogP contribution in [-0.4, -0.2) is 6.54 Å². The number of hydrogen-bond acceptors (Lipinski definition) is 2. The Kier molecular flexibility index (Phi) is 2.77. The minimum absolute atomic E-state index is 0.692. The van der Waals surface area contributed by atoms with E-state index in [4.69, 9.17) is 10.2 Å². The molecule has 1 heterocycles. The van der Waals surface area contributed by atoms with Crippen LogP contribution in [0, 0.1) is 0 Å². The van der Waals surface area contributed by atoms with Crippen LogP contribution >= 0.6 is 0 Å². The highest BCUT2D eigenvalue weighted by molar-refractivity contribution is 5.41. The summed E-state index contributed by atoms with van der Waals surface area (Å²) in [4.78, 5) is 0. The van der Waals surface area contributed by atoms with Crippen molar-refractivity contribution in [2.24, 2.45) is 5.73 Å². The van der Waals surface area contributed by atoms with Crippen molar-refractivity contribution in [2.45, 2.75) is 6.42 Å². The molecule has 1 aromatic heterocycles. The quantitative estimate of drug-likeness (QED) is 0.687. The Bertz CT molecular complexity index is 189. The van der Waals surface area contributed by atoms with Crippen molar-refractivity contribution in [1.82, 2.24) is 0 Å². The van der Waals surface area contributed by atoms with Gasteiger partial charge < -0.3 is 10.2 Å². The molecule has 0 aliphatic carbocycles. The molecule has 0 amide bonds. The average molecular weight is 137 g/mol. The van der Waals surface area contributed by atoms with Gasteiger partial charge in [-0.3, -0.25) is 0 Å². The van der Waals surface area contributed by atoms with E-state index in [0.29, 0.717) is 6.54 Å². The molecule has 10 heavy (non-hydrogen) atoms. The predicted octanol–water partition coefficient (Wildman–Crippen LogP) is 1.64. The summed E-state index contributed by atoms with van der Waals surface area (Å²) in [5, 5.41) is 0. The standard InChI is InChI=1S/C8H11NO/c9-6-2-1-4-8-5-3-7-10-8/h1,3-5,7H,2,6,9H2/b4-1+. The number of hydrogen-bond donors (Lipinski definition) is 1. The maximum Gasteiger partial charge on any atom is 0.126 e. The molecule has 0 bridgehead atoms. The van der Waals surface area contributed by atoms with E-state index in [0.717, 1.165) is 12.2 Å². The lowest BCUT2D eigenvalue weighted by molar-refractivity contribution is 0.557. The largest absolute Gasteiger partial charge is 0.465 e. The molecule has 0 aliphatic rings. The first-order valence-corrected chi connectivity index (χ1v) is 3.33. The van der Waals surface area contributed by atoms with Gasteiger partial charge in [-0.2, -0.15) is 0 Å². The van der Waals surface area contributed by atoms with E-state index < -0.39 is 0 Å². The number of rotatable bonds is 3. The van der Waals surface area contributed by atoms with Gasteiger partial charge in [-0.15, -0.1) is 0 Å². The zero-order valence-corrected chi connectivity index (χ0v) is 5.79. The van der Waals surface area contributed by atoms with Gasteiger partial charge in [0.2, 0.25) is 0 Å². The Labute approximate surface area is 60.3 Å². The van der Waals surface area contributed by atoms with Gasteiger partial charge in [0.15, 0.2) is 0 Å². The molecule has 2 nitrogen and oxygen atoms in total. The molecule has 1 rings (SSSR count). The van der Waals surface area contributed by atoms with Gasteiger partial charge in [-0.05, 0) is 31.2 Å². The lowest BCUT2D eigenvalue weighted by Gasteiger charge is -1.83. The highest BCUT2D eigenvalue weighted by Crippen LogP contribution is 2.02. The second-order valence-corrected chi connectivity index (χ2v) is 2.00. The topological polar surface area (TPSA) is 39.2 Å². The van der Waals surface area contributed by atoms with E-state index in [2.05, 4.69) is 0 Å². The van der Waals surface area contributed by atoms with Crippen LogP contribution in [0.25, 0.3) is 6.08 Å². The van der Waals surface area contributed by atoms with E-state index in [1.165, 1.54) is 0 Å². The van der Waals surface area contributed by atoms with E-state index in [1.54, 1.807) is 6.26 Å². The lowest BCUT2D eigenvalue weighted by Crippen LogP contribution is -1.94. The summed E-state index contributed by atoms with van der Waals surface area (Å²) in [6.07, 6.45) is 6.48. The van der Waals surface area contributed by atoms with Crippen molar-refractivity contribution < 1.29 is 4.42 Å². The van der Waals surface area contributed by atoms with Crippen LogP contribution in [0.15, 0.2) is 28.9 Å². The van der Waals surface area contributed by atoms with Crippen LogP contribution in [0.1, 0.15) is 12.2 Å². The summed E-state index contributed by atoms with van der Waals surface area (Å²) in [6, 6.07) is 3.77. The van der Waals surface area contributed by atoms with Gasteiger partial charge in [0.25, 0.3) is 0 Å². The fourth-order valence-corrected chi connectivity index (χ4v) is 0.682. The van der Waals surface area contributed by atoms with Crippen LogP contribution in [0.5, 0.6) is 0 Å². The third kappa shape index (κ3) is 2.07. The summed E-state index contributed by atoms with van der Waals surface area (Å²) in [7, 11) is 0. The molecule has 0 saturated heterocycles. The van der Waals surface area contributed by atoms with Crippen LogP contribution in [0.3, 0.4) is 0 Å². The minimum Gasteiger partial charge on any atom is -0.465 e. The average Bonchev–Trinajstić information content (AvgIpc) is 2.41. The van der Waals surface area contributed by atoms with E-state index in [9.17, 15) is 0 Å². The lowest BCUT2D eigenvalue weighted by atomic mass is 10.3. The summed E-state index contributed by atoms with van der Waals surface area (Å²) >= 11 is 0. The first-order chi connectivity index (χ1) is 4.93. The van der Waals surface area contributed by atoms with Crippen LogP contribution in [0.4, 0.5) is 0 Å². The molecule has 0 saturated carbocycles. The molecule has 2 N–H and O–H groups in total. The zero-order chi connectivity index (χ0) is 7.23. The van der Waals surface area contributed by atoms with E-state index >= 15 is 0 Å². The van der Waals surface area contributed by atoms with Crippen molar-refractivity contribution in [2.75, 3.05) is 6.54 Å². The maximum atomic E-state index is 5.29. The van der Waals surface area contributed by atoms with Gasteiger partial charge >= 0.3 is 0 Å². The van der Waals surface area contributed by atoms with Crippen molar-refractivity contribution in [3.05, 3.63) is 30.2 Å². The summed E-state index contributed by atoms with van der Waals surface area (Å²) in [5.41, 5.74) is 5.29. The van der Waals surface area contributed by atoms with Gasteiger partial charge in [0.1, 0.15) is 5.76 Å². The molecule has 0 spiro atoms. The first kappa shape index (κ1) is 7.09. The van der Waals surface area contributed by atoms with Crippen LogP contribution in [0.2, 0.25) is 0 Å². The Morgan fingerprint density at radius 3 is 3.10 bits per heavy atom.